The zero-order valence-electron chi connectivity index (χ0n) is 14.6. The highest BCUT2D eigenvalue weighted by molar-refractivity contribution is 6.31. The molecule has 25 heavy (non-hydrogen) atoms. The maximum Gasteiger partial charge on any atom is 0.408 e. The van der Waals surface area contributed by atoms with Crippen LogP contribution in [0.15, 0.2) is 12.3 Å². The molecule has 1 aliphatic carbocycles. The summed E-state index contributed by atoms with van der Waals surface area (Å²) in [7, 11) is 0. The first-order valence-electron chi connectivity index (χ1n) is 8.04. The van der Waals surface area contributed by atoms with Gasteiger partial charge in [-0.3, -0.25) is 4.98 Å². The molecular weight excluding hydrogens is 350 g/mol. The van der Waals surface area contributed by atoms with E-state index in [0.29, 0.717) is 11.5 Å². The monoisotopic (exact) mass is 370 g/mol. The Morgan fingerprint density at radius 3 is 2.60 bits per heavy atom. The molecular formula is C18H21ClF2N2O2. The minimum absolute atomic E-state index is 0.189. The summed E-state index contributed by atoms with van der Waals surface area (Å²) < 4.78 is 34.2. The van der Waals surface area contributed by atoms with Gasteiger partial charge in [0.2, 0.25) is 0 Å². The van der Waals surface area contributed by atoms with Gasteiger partial charge in [-0.15, -0.1) is 0 Å². The maximum absolute atomic E-state index is 14.6. The van der Waals surface area contributed by atoms with E-state index in [4.69, 9.17) is 16.3 Å². The minimum atomic E-state index is -3.46. The van der Waals surface area contributed by atoms with E-state index in [1.54, 1.807) is 20.8 Å². The molecule has 1 atom stereocenters. The van der Waals surface area contributed by atoms with Crippen molar-refractivity contribution in [3.63, 3.8) is 0 Å². The molecule has 0 aliphatic heterocycles. The number of ether oxygens (including phenoxy) is 1. The molecule has 0 saturated heterocycles. The summed E-state index contributed by atoms with van der Waals surface area (Å²) >= 11 is 5.98. The zero-order valence-corrected chi connectivity index (χ0v) is 15.4. The third-order valence-corrected chi connectivity index (χ3v) is 3.72. The van der Waals surface area contributed by atoms with Gasteiger partial charge in [-0.2, -0.15) is 8.78 Å². The Hall–Kier alpha value is -1.87. The van der Waals surface area contributed by atoms with Crippen LogP contribution in [0.4, 0.5) is 13.6 Å². The van der Waals surface area contributed by atoms with Gasteiger partial charge >= 0.3 is 12.0 Å². The van der Waals surface area contributed by atoms with E-state index in [9.17, 15) is 13.6 Å². The number of carbonyl (C=O) groups excluding carboxylic acids is 1. The highest BCUT2D eigenvalue weighted by atomic mass is 35.5. The van der Waals surface area contributed by atoms with Gasteiger partial charge in [0.1, 0.15) is 11.3 Å². The van der Waals surface area contributed by atoms with Crippen LogP contribution in [0.3, 0.4) is 0 Å². The summed E-state index contributed by atoms with van der Waals surface area (Å²) in [4.78, 5) is 15.5. The van der Waals surface area contributed by atoms with E-state index in [-0.39, 0.29) is 5.02 Å². The van der Waals surface area contributed by atoms with Crippen molar-refractivity contribution in [3.8, 4) is 11.8 Å². The molecule has 1 fully saturated rings. The summed E-state index contributed by atoms with van der Waals surface area (Å²) in [6.07, 6.45) is 2.48. The third kappa shape index (κ3) is 5.57. The number of carbonyl (C=O) groups is 1. The van der Waals surface area contributed by atoms with Gasteiger partial charge < -0.3 is 10.1 Å². The van der Waals surface area contributed by atoms with E-state index >= 15 is 0 Å². The Labute approximate surface area is 151 Å². The fraction of sp³-hybridized carbons (Fsp3) is 0.556. The summed E-state index contributed by atoms with van der Waals surface area (Å²) in [5.74, 6) is 2.83. The number of hydrogen-bond acceptors (Lipinski definition) is 3. The number of halogens is 3. The quantitative estimate of drug-likeness (QED) is 0.797. The smallest absolute Gasteiger partial charge is 0.408 e. The van der Waals surface area contributed by atoms with Crippen LogP contribution in [-0.4, -0.2) is 22.7 Å². The normalized spacial score (nSPS) is 15.8. The maximum atomic E-state index is 14.6. The predicted molar refractivity (Wildman–Crippen MR) is 91.6 cm³/mol. The Kier molecular flexibility index (Phi) is 5.58. The third-order valence-electron chi connectivity index (χ3n) is 3.43. The van der Waals surface area contributed by atoms with Crippen LogP contribution < -0.4 is 5.32 Å². The van der Waals surface area contributed by atoms with E-state index in [0.717, 1.165) is 12.8 Å². The number of amides is 1. The molecule has 136 valence electrons. The predicted octanol–water partition coefficient (Wildman–Crippen LogP) is 4.50. The van der Waals surface area contributed by atoms with E-state index in [1.165, 1.54) is 19.2 Å². The van der Waals surface area contributed by atoms with Crippen molar-refractivity contribution in [2.45, 2.75) is 58.1 Å². The Morgan fingerprint density at radius 1 is 1.44 bits per heavy atom. The summed E-state index contributed by atoms with van der Waals surface area (Å²) in [5.41, 5.74) is -0.893. The van der Waals surface area contributed by atoms with Crippen LogP contribution in [0, 0.1) is 17.8 Å². The topological polar surface area (TPSA) is 51.2 Å². The molecule has 1 saturated carbocycles. The molecule has 0 spiro atoms. The van der Waals surface area contributed by atoms with E-state index in [2.05, 4.69) is 22.1 Å². The van der Waals surface area contributed by atoms with Crippen molar-refractivity contribution in [1.82, 2.24) is 10.3 Å². The second-order valence-corrected chi connectivity index (χ2v) is 7.50. The fourth-order valence-corrected chi connectivity index (χ4v) is 2.24. The van der Waals surface area contributed by atoms with Crippen LogP contribution in [-0.2, 0) is 10.7 Å². The lowest BCUT2D eigenvalue weighted by molar-refractivity contribution is -0.0447. The van der Waals surface area contributed by atoms with Crippen molar-refractivity contribution < 1.29 is 18.3 Å². The largest absolute Gasteiger partial charge is 0.444 e. The Balaban J connectivity index is 2.12. The fourth-order valence-electron chi connectivity index (χ4n) is 1.94. The van der Waals surface area contributed by atoms with E-state index < -0.39 is 29.4 Å². The number of rotatable bonds is 3. The van der Waals surface area contributed by atoms with Crippen LogP contribution >= 0.6 is 11.6 Å². The van der Waals surface area contributed by atoms with Gasteiger partial charge in [-0.25, -0.2) is 4.79 Å². The van der Waals surface area contributed by atoms with Crippen LogP contribution in [0.5, 0.6) is 0 Å². The van der Waals surface area contributed by atoms with Gasteiger partial charge in [0.15, 0.2) is 0 Å². The van der Waals surface area contributed by atoms with Gasteiger partial charge in [0, 0.05) is 17.7 Å². The number of pyridine rings is 1. The molecule has 1 unspecified atom stereocenters. The number of nitrogens with zero attached hydrogens (tertiary/aromatic N) is 1. The zero-order chi connectivity index (χ0) is 18.8. The van der Waals surface area contributed by atoms with Crippen molar-refractivity contribution in [3.05, 3.63) is 28.5 Å². The number of aromatic nitrogens is 1. The molecule has 0 aromatic carbocycles. The van der Waals surface area contributed by atoms with Gasteiger partial charge in [0.25, 0.3) is 0 Å². The standard InChI is InChI=1S/C18H21ClF2N2O2/c1-11(23-16(24)25-17(2,3)4)18(20,21)15-14(19)9-13(10-22-15)8-7-12-5-6-12/h9-12H,5-6H2,1-4H3,(H,23,24). The van der Waals surface area contributed by atoms with Gasteiger partial charge in [-0.05, 0) is 46.6 Å². The van der Waals surface area contributed by atoms with Crippen molar-refractivity contribution in [2.75, 3.05) is 0 Å². The molecule has 1 aliphatic rings. The summed E-state index contributed by atoms with van der Waals surface area (Å²) in [5, 5.41) is 1.94. The average Bonchev–Trinajstić information content (AvgIpc) is 3.26. The second-order valence-electron chi connectivity index (χ2n) is 7.09. The van der Waals surface area contributed by atoms with Gasteiger partial charge in [0.05, 0.1) is 11.1 Å². The second kappa shape index (κ2) is 7.17. The molecule has 7 heteroatoms. The van der Waals surface area contributed by atoms with Crippen molar-refractivity contribution in [1.29, 1.82) is 0 Å². The van der Waals surface area contributed by atoms with Crippen molar-refractivity contribution >= 4 is 17.7 Å². The molecule has 1 amide bonds. The lowest BCUT2D eigenvalue weighted by Crippen LogP contribution is -2.46. The number of nitrogens with one attached hydrogen (secondary N) is 1. The number of alkyl halides is 2. The molecule has 1 N–H and O–H groups in total. The molecule has 1 aromatic rings. The van der Waals surface area contributed by atoms with Crippen molar-refractivity contribution in [2.24, 2.45) is 5.92 Å². The number of alkyl carbamates (subject to hydrolysis) is 1. The first kappa shape index (κ1) is 19.5. The lowest BCUT2D eigenvalue weighted by Gasteiger charge is -2.26. The summed E-state index contributed by atoms with van der Waals surface area (Å²) in [6, 6.07) is -0.177. The number of hydrogen-bond donors (Lipinski definition) is 1. The molecule has 1 heterocycles. The highest BCUT2D eigenvalue weighted by Crippen LogP contribution is 2.35. The molecule has 0 bridgehead atoms. The first-order chi connectivity index (χ1) is 11.5. The lowest BCUT2D eigenvalue weighted by atomic mass is 10.1. The minimum Gasteiger partial charge on any atom is -0.444 e. The van der Waals surface area contributed by atoms with Crippen LogP contribution in [0.2, 0.25) is 5.02 Å². The van der Waals surface area contributed by atoms with E-state index in [1.807, 2.05) is 0 Å². The molecule has 0 radical (unpaired) electrons. The molecule has 4 nitrogen and oxygen atoms in total. The highest BCUT2D eigenvalue weighted by Gasteiger charge is 2.43. The van der Waals surface area contributed by atoms with Gasteiger partial charge in [-0.1, -0.05) is 23.4 Å². The first-order valence-corrected chi connectivity index (χ1v) is 8.41. The molecule has 1 aromatic heterocycles. The SMILES string of the molecule is CC(NC(=O)OC(C)(C)C)C(F)(F)c1ncc(C#CC2CC2)cc1Cl. The summed E-state index contributed by atoms with van der Waals surface area (Å²) in [6.45, 7) is 6.11. The van der Waals surface area contributed by atoms with Crippen LogP contribution in [0.25, 0.3) is 0 Å². The molecule has 2 rings (SSSR count). The van der Waals surface area contributed by atoms with Crippen LogP contribution in [0.1, 0.15) is 51.8 Å². The Bertz CT molecular complexity index is 716. The average molecular weight is 371 g/mol. The Morgan fingerprint density at radius 2 is 2.08 bits per heavy atom.